The van der Waals surface area contributed by atoms with E-state index in [0.29, 0.717) is 12.5 Å². The fourth-order valence-electron chi connectivity index (χ4n) is 0.876. The molecule has 2 N–H and O–H groups in total. The first-order valence-corrected chi connectivity index (χ1v) is 4.28. The Balaban J connectivity index is 2.92. The molecule has 4 heteroatoms. The molecule has 13 heavy (non-hydrogen) atoms. The zero-order chi connectivity index (χ0) is 9.90. The highest BCUT2D eigenvalue weighted by Gasteiger charge is 2.16. The molecule has 0 radical (unpaired) electrons. The molecule has 0 saturated heterocycles. The number of hydrogen-bond acceptors (Lipinski definition) is 4. The molecule has 0 atom stereocenters. The Morgan fingerprint density at radius 2 is 2.15 bits per heavy atom. The van der Waals surface area contributed by atoms with Gasteiger partial charge in [-0.15, -0.1) is 0 Å². The van der Waals surface area contributed by atoms with Crippen molar-refractivity contribution in [1.82, 2.24) is 9.97 Å². The molecule has 0 aliphatic carbocycles. The lowest BCUT2D eigenvalue weighted by atomic mass is 10.0. The van der Waals surface area contributed by atoms with E-state index in [9.17, 15) is 0 Å². The van der Waals surface area contributed by atoms with Gasteiger partial charge in [0.1, 0.15) is 0 Å². The summed E-state index contributed by atoms with van der Waals surface area (Å²) in [5.41, 5.74) is 6.13. The minimum Gasteiger partial charge on any atom is -0.477 e. The maximum absolute atomic E-state index is 5.86. The molecular formula is C9H15N3O. The molecule has 0 unspecified atom stereocenters. The Morgan fingerprint density at radius 1 is 1.46 bits per heavy atom. The van der Waals surface area contributed by atoms with Crippen molar-refractivity contribution < 1.29 is 4.74 Å². The largest absolute Gasteiger partial charge is 0.477 e. The summed E-state index contributed by atoms with van der Waals surface area (Å²) in [7, 11) is 0. The van der Waals surface area contributed by atoms with Gasteiger partial charge >= 0.3 is 0 Å². The van der Waals surface area contributed by atoms with Gasteiger partial charge in [0.2, 0.25) is 5.88 Å². The molecule has 0 aromatic carbocycles. The Morgan fingerprint density at radius 3 is 2.69 bits per heavy atom. The van der Waals surface area contributed by atoms with Crippen molar-refractivity contribution in [1.29, 1.82) is 0 Å². The fraction of sp³-hybridized carbons (Fsp3) is 0.556. The molecule has 1 heterocycles. The van der Waals surface area contributed by atoms with E-state index in [0.717, 1.165) is 5.69 Å². The maximum Gasteiger partial charge on any atom is 0.232 e. The molecule has 4 nitrogen and oxygen atoms in total. The third-order valence-electron chi connectivity index (χ3n) is 1.56. The van der Waals surface area contributed by atoms with Crippen molar-refractivity contribution in [3.05, 3.63) is 18.1 Å². The van der Waals surface area contributed by atoms with Gasteiger partial charge < -0.3 is 10.5 Å². The van der Waals surface area contributed by atoms with Crippen LogP contribution in [0.2, 0.25) is 0 Å². The summed E-state index contributed by atoms with van der Waals surface area (Å²) in [5.74, 6) is 0.526. The molecule has 1 rings (SSSR count). The Kier molecular flexibility index (Phi) is 2.83. The van der Waals surface area contributed by atoms with Crippen LogP contribution in [-0.4, -0.2) is 16.6 Å². The molecule has 72 valence electrons. The second-order valence-electron chi connectivity index (χ2n) is 3.40. The number of nitrogens with zero attached hydrogens (tertiary/aromatic N) is 2. The van der Waals surface area contributed by atoms with Crippen LogP contribution in [0.5, 0.6) is 5.88 Å². The van der Waals surface area contributed by atoms with Gasteiger partial charge in [-0.1, -0.05) is 0 Å². The average molecular weight is 181 g/mol. The number of aromatic nitrogens is 2. The minimum absolute atomic E-state index is 0.472. The molecule has 0 spiro atoms. The van der Waals surface area contributed by atoms with E-state index in [-0.39, 0.29) is 0 Å². The van der Waals surface area contributed by atoms with Crippen LogP contribution in [-0.2, 0) is 5.54 Å². The number of nitrogens with two attached hydrogens (primary N) is 1. The fourth-order valence-corrected chi connectivity index (χ4v) is 0.876. The van der Waals surface area contributed by atoms with E-state index in [1.807, 2.05) is 20.8 Å². The second-order valence-corrected chi connectivity index (χ2v) is 3.40. The van der Waals surface area contributed by atoms with Crippen LogP contribution in [0.15, 0.2) is 12.4 Å². The van der Waals surface area contributed by atoms with Gasteiger partial charge in [0, 0.05) is 0 Å². The van der Waals surface area contributed by atoms with Crippen molar-refractivity contribution in [2.75, 3.05) is 6.61 Å². The first-order valence-electron chi connectivity index (χ1n) is 4.28. The molecule has 0 saturated carbocycles. The van der Waals surface area contributed by atoms with Gasteiger partial charge in [-0.05, 0) is 20.8 Å². The van der Waals surface area contributed by atoms with Crippen LogP contribution in [0.1, 0.15) is 26.5 Å². The highest BCUT2D eigenvalue weighted by atomic mass is 16.5. The van der Waals surface area contributed by atoms with Crippen molar-refractivity contribution in [2.24, 2.45) is 5.73 Å². The highest BCUT2D eigenvalue weighted by molar-refractivity contribution is 5.14. The third-order valence-corrected chi connectivity index (χ3v) is 1.56. The van der Waals surface area contributed by atoms with E-state index in [4.69, 9.17) is 10.5 Å². The van der Waals surface area contributed by atoms with Crippen molar-refractivity contribution in [2.45, 2.75) is 26.3 Å². The third kappa shape index (κ3) is 2.66. The quantitative estimate of drug-likeness (QED) is 0.757. The SMILES string of the molecule is CCOc1cncc(C(C)(C)N)n1. The van der Waals surface area contributed by atoms with E-state index in [2.05, 4.69) is 9.97 Å². The van der Waals surface area contributed by atoms with Gasteiger partial charge in [-0.2, -0.15) is 0 Å². The first kappa shape index (κ1) is 9.92. The zero-order valence-corrected chi connectivity index (χ0v) is 8.24. The summed E-state index contributed by atoms with van der Waals surface area (Å²) in [6, 6.07) is 0. The lowest BCUT2D eigenvalue weighted by Gasteiger charge is -2.17. The van der Waals surface area contributed by atoms with Crippen molar-refractivity contribution in [3.63, 3.8) is 0 Å². The van der Waals surface area contributed by atoms with E-state index >= 15 is 0 Å². The van der Waals surface area contributed by atoms with Crippen LogP contribution in [0.4, 0.5) is 0 Å². The first-order chi connectivity index (χ1) is 6.04. The van der Waals surface area contributed by atoms with Gasteiger partial charge in [-0.25, -0.2) is 4.98 Å². The van der Waals surface area contributed by atoms with Gasteiger partial charge in [0.25, 0.3) is 0 Å². The summed E-state index contributed by atoms with van der Waals surface area (Å²) >= 11 is 0. The van der Waals surface area contributed by atoms with E-state index in [1.165, 1.54) is 0 Å². The molecule has 0 fully saturated rings. The lowest BCUT2D eigenvalue weighted by molar-refractivity contribution is 0.321. The summed E-state index contributed by atoms with van der Waals surface area (Å²) in [6.45, 7) is 6.25. The molecule has 0 aliphatic heterocycles. The lowest BCUT2D eigenvalue weighted by Crippen LogP contribution is -2.30. The second kappa shape index (κ2) is 3.70. The summed E-state index contributed by atoms with van der Waals surface area (Å²) in [5, 5.41) is 0. The standard InChI is InChI=1S/C9H15N3O/c1-4-13-8-6-11-5-7(12-8)9(2,3)10/h5-6H,4,10H2,1-3H3. The molecule has 0 bridgehead atoms. The number of rotatable bonds is 3. The Labute approximate surface area is 78.1 Å². The maximum atomic E-state index is 5.86. The summed E-state index contributed by atoms with van der Waals surface area (Å²) in [6.07, 6.45) is 3.24. The number of hydrogen-bond donors (Lipinski definition) is 1. The normalized spacial score (nSPS) is 11.4. The smallest absolute Gasteiger partial charge is 0.232 e. The zero-order valence-electron chi connectivity index (χ0n) is 8.24. The molecular weight excluding hydrogens is 166 g/mol. The Hall–Kier alpha value is -1.16. The summed E-state index contributed by atoms with van der Waals surface area (Å²) in [4.78, 5) is 8.23. The van der Waals surface area contributed by atoms with Crippen LogP contribution >= 0.6 is 0 Å². The van der Waals surface area contributed by atoms with Crippen molar-refractivity contribution >= 4 is 0 Å². The van der Waals surface area contributed by atoms with E-state index < -0.39 is 5.54 Å². The summed E-state index contributed by atoms with van der Waals surface area (Å²) < 4.78 is 5.21. The van der Waals surface area contributed by atoms with Crippen LogP contribution in [0, 0.1) is 0 Å². The van der Waals surface area contributed by atoms with Crippen LogP contribution in [0.3, 0.4) is 0 Å². The monoisotopic (exact) mass is 181 g/mol. The minimum atomic E-state index is -0.472. The van der Waals surface area contributed by atoms with E-state index in [1.54, 1.807) is 12.4 Å². The van der Waals surface area contributed by atoms with Gasteiger partial charge in [-0.3, -0.25) is 4.98 Å². The molecule has 0 amide bonds. The molecule has 1 aromatic heterocycles. The predicted molar refractivity (Wildman–Crippen MR) is 50.4 cm³/mol. The number of ether oxygens (including phenoxy) is 1. The molecule has 0 aliphatic rings. The molecule has 1 aromatic rings. The van der Waals surface area contributed by atoms with Crippen molar-refractivity contribution in [3.8, 4) is 5.88 Å². The average Bonchev–Trinajstić information content (AvgIpc) is 2.04. The highest BCUT2D eigenvalue weighted by Crippen LogP contribution is 2.15. The predicted octanol–water partition coefficient (Wildman–Crippen LogP) is 1.07. The van der Waals surface area contributed by atoms with Crippen LogP contribution < -0.4 is 10.5 Å². The van der Waals surface area contributed by atoms with Gasteiger partial charge in [0.15, 0.2) is 0 Å². The van der Waals surface area contributed by atoms with Crippen LogP contribution in [0.25, 0.3) is 0 Å². The topological polar surface area (TPSA) is 61.0 Å². The Bertz CT molecular complexity index is 280. The van der Waals surface area contributed by atoms with Gasteiger partial charge in [0.05, 0.1) is 30.2 Å².